The lowest BCUT2D eigenvalue weighted by Crippen LogP contribution is -2.21. The van der Waals surface area contributed by atoms with E-state index in [2.05, 4.69) is 12.2 Å². The van der Waals surface area contributed by atoms with Crippen LogP contribution in [-0.2, 0) is 12.7 Å². The van der Waals surface area contributed by atoms with Gasteiger partial charge >= 0.3 is 6.18 Å². The summed E-state index contributed by atoms with van der Waals surface area (Å²) in [5, 5.41) is 3.36. The fourth-order valence-corrected chi connectivity index (χ4v) is 2.46. The van der Waals surface area contributed by atoms with Crippen LogP contribution in [0.2, 0.25) is 0 Å². The quantitative estimate of drug-likeness (QED) is 0.760. The highest BCUT2D eigenvalue weighted by Crippen LogP contribution is 2.29. The van der Waals surface area contributed by atoms with E-state index >= 15 is 0 Å². The van der Waals surface area contributed by atoms with Gasteiger partial charge in [0.15, 0.2) is 0 Å². The van der Waals surface area contributed by atoms with Gasteiger partial charge in [0.05, 0.1) is 5.56 Å². The second-order valence-electron chi connectivity index (χ2n) is 5.33. The van der Waals surface area contributed by atoms with E-state index in [1.807, 2.05) is 30.3 Å². The zero-order valence-electron chi connectivity index (χ0n) is 12.5. The maximum atomic E-state index is 12.7. The van der Waals surface area contributed by atoms with Gasteiger partial charge in [-0.3, -0.25) is 0 Å². The summed E-state index contributed by atoms with van der Waals surface area (Å²) in [5.41, 5.74) is 1.21. The van der Waals surface area contributed by atoms with Gasteiger partial charge in [0.2, 0.25) is 0 Å². The predicted molar refractivity (Wildman–Crippen MR) is 82.4 cm³/mol. The number of hydrogen-bond acceptors (Lipinski definition) is 1. The molecule has 2 aromatic rings. The first kappa shape index (κ1) is 16.6. The summed E-state index contributed by atoms with van der Waals surface area (Å²) in [6, 6.07) is 15.6. The molecule has 0 aliphatic rings. The molecule has 1 N–H and O–H groups in total. The molecule has 0 aromatic heterocycles. The van der Waals surface area contributed by atoms with E-state index in [-0.39, 0.29) is 6.04 Å². The largest absolute Gasteiger partial charge is 0.416 e. The molecule has 22 heavy (non-hydrogen) atoms. The van der Waals surface area contributed by atoms with Crippen molar-refractivity contribution in [3.63, 3.8) is 0 Å². The Kier molecular flexibility index (Phi) is 5.61. The number of rotatable bonds is 6. The summed E-state index contributed by atoms with van der Waals surface area (Å²) in [5.74, 6) is 0. The van der Waals surface area contributed by atoms with E-state index in [0.29, 0.717) is 12.1 Å². The zero-order valence-corrected chi connectivity index (χ0v) is 12.5. The summed E-state index contributed by atoms with van der Waals surface area (Å²) in [6.07, 6.45) is -2.34. The maximum absolute atomic E-state index is 12.7. The van der Waals surface area contributed by atoms with E-state index in [9.17, 15) is 13.2 Å². The highest BCUT2D eigenvalue weighted by Gasteiger charge is 2.30. The molecule has 0 amide bonds. The van der Waals surface area contributed by atoms with Crippen molar-refractivity contribution in [1.29, 1.82) is 0 Å². The Morgan fingerprint density at radius 1 is 1.00 bits per heavy atom. The monoisotopic (exact) mass is 307 g/mol. The molecule has 1 unspecified atom stereocenters. The van der Waals surface area contributed by atoms with Crippen LogP contribution in [0.4, 0.5) is 13.2 Å². The Morgan fingerprint density at radius 3 is 2.36 bits per heavy atom. The van der Waals surface area contributed by atoms with Gasteiger partial charge in [-0.1, -0.05) is 61.9 Å². The molecule has 0 saturated carbocycles. The lowest BCUT2D eigenvalue weighted by molar-refractivity contribution is -0.137. The van der Waals surface area contributed by atoms with Crippen LogP contribution in [-0.4, -0.2) is 0 Å². The van der Waals surface area contributed by atoms with Crippen LogP contribution in [0.1, 0.15) is 42.5 Å². The Morgan fingerprint density at radius 2 is 1.73 bits per heavy atom. The third kappa shape index (κ3) is 4.60. The van der Waals surface area contributed by atoms with E-state index in [4.69, 9.17) is 0 Å². The van der Waals surface area contributed by atoms with Gasteiger partial charge < -0.3 is 5.32 Å². The fourth-order valence-electron chi connectivity index (χ4n) is 2.46. The van der Waals surface area contributed by atoms with Crippen molar-refractivity contribution in [3.8, 4) is 0 Å². The molecule has 0 spiro atoms. The van der Waals surface area contributed by atoms with Crippen molar-refractivity contribution in [2.45, 2.75) is 38.5 Å². The smallest absolute Gasteiger partial charge is 0.306 e. The van der Waals surface area contributed by atoms with Gasteiger partial charge in [-0.15, -0.1) is 0 Å². The normalized spacial score (nSPS) is 13.1. The molecule has 0 heterocycles. The van der Waals surface area contributed by atoms with Crippen molar-refractivity contribution in [3.05, 3.63) is 71.3 Å². The Labute approximate surface area is 129 Å². The first-order chi connectivity index (χ1) is 10.5. The molecular formula is C18H20F3N. The topological polar surface area (TPSA) is 12.0 Å². The number of nitrogens with one attached hydrogen (secondary N) is 1. The third-order valence-corrected chi connectivity index (χ3v) is 3.59. The number of alkyl halides is 3. The van der Waals surface area contributed by atoms with Crippen molar-refractivity contribution in [2.75, 3.05) is 0 Å². The lowest BCUT2D eigenvalue weighted by atomic mass is 10.0. The molecule has 0 fully saturated rings. The van der Waals surface area contributed by atoms with Crippen LogP contribution >= 0.6 is 0 Å². The second-order valence-corrected chi connectivity index (χ2v) is 5.33. The molecule has 0 aliphatic carbocycles. The average molecular weight is 307 g/mol. The van der Waals surface area contributed by atoms with Crippen LogP contribution in [0, 0.1) is 0 Å². The summed E-state index contributed by atoms with van der Waals surface area (Å²) in [4.78, 5) is 0. The molecule has 0 aliphatic heterocycles. The van der Waals surface area contributed by atoms with Gasteiger partial charge in [0.25, 0.3) is 0 Å². The minimum Gasteiger partial charge on any atom is -0.306 e. The van der Waals surface area contributed by atoms with Crippen molar-refractivity contribution in [1.82, 2.24) is 5.32 Å². The van der Waals surface area contributed by atoms with Gasteiger partial charge in [-0.05, 0) is 23.6 Å². The summed E-state index contributed by atoms with van der Waals surface area (Å²) in [7, 11) is 0. The molecule has 0 saturated heterocycles. The second kappa shape index (κ2) is 7.45. The van der Waals surface area contributed by atoms with E-state index in [0.717, 1.165) is 24.5 Å². The average Bonchev–Trinajstić information content (AvgIpc) is 2.52. The van der Waals surface area contributed by atoms with Gasteiger partial charge in [-0.25, -0.2) is 0 Å². The molecule has 0 radical (unpaired) electrons. The molecule has 4 heteroatoms. The molecular weight excluding hydrogens is 287 g/mol. The van der Waals surface area contributed by atoms with E-state index in [1.165, 1.54) is 12.1 Å². The summed E-state index contributed by atoms with van der Waals surface area (Å²) in [6.45, 7) is 2.52. The van der Waals surface area contributed by atoms with Crippen LogP contribution < -0.4 is 5.32 Å². The summed E-state index contributed by atoms with van der Waals surface area (Å²) >= 11 is 0. The Balaban J connectivity index is 2.07. The van der Waals surface area contributed by atoms with Crippen LogP contribution in [0.5, 0.6) is 0 Å². The number of hydrogen-bond donors (Lipinski definition) is 1. The van der Waals surface area contributed by atoms with Gasteiger partial charge in [-0.2, -0.15) is 13.2 Å². The molecule has 1 nitrogen and oxygen atoms in total. The Bertz CT molecular complexity index is 578. The number of halogens is 3. The predicted octanol–water partition coefficient (Wildman–Crippen LogP) is 5.34. The van der Waals surface area contributed by atoms with Crippen LogP contribution in [0.15, 0.2) is 54.6 Å². The first-order valence-electron chi connectivity index (χ1n) is 7.45. The van der Waals surface area contributed by atoms with Crippen molar-refractivity contribution >= 4 is 0 Å². The van der Waals surface area contributed by atoms with Crippen LogP contribution in [0.3, 0.4) is 0 Å². The molecule has 2 rings (SSSR count). The lowest BCUT2D eigenvalue weighted by Gasteiger charge is -2.19. The first-order valence-corrected chi connectivity index (χ1v) is 7.45. The highest BCUT2D eigenvalue weighted by molar-refractivity contribution is 5.26. The van der Waals surface area contributed by atoms with Gasteiger partial charge in [0, 0.05) is 12.6 Å². The standard InChI is InChI=1S/C18H20F3N/c1-2-7-17(15-9-4-3-5-10-15)22-13-14-8-6-11-16(12-14)18(19,20)21/h3-6,8-12,17,22H,2,7,13H2,1H3. The molecule has 2 aromatic carbocycles. The fraction of sp³-hybridized carbons (Fsp3) is 0.333. The zero-order chi connectivity index (χ0) is 16.0. The maximum Gasteiger partial charge on any atom is 0.416 e. The van der Waals surface area contributed by atoms with E-state index in [1.54, 1.807) is 6.07 Å². The summed E-state index contributed by atoms with van der Waals surface area (Å²) < 4.78 is 38.2. The minimum absolute atomic E-state index is 0.153. The molecule has 1 atom stereocenters. The van der Waals surface area contributed by atoms with Crippen molar-refractivity contribution < 1.29 is 13.2 Å². The molecule has 0 bridgehead atoms. The Hall–Kier alpha value is -1.81. The third-order valence-electron chi connectivity index (χ3n) is 3.59. The minimum atomic E-state index is -4.29. The van der Waals surface area contributed by atoms with Crippen LogP contribution in [0.25, 0.3) is 0 Å². The van der Waals surface area contributed by atoms with Gasteiger partial charge in [0.1, 0.15) is 0 Å². The number of benzene rings is 2. The van der Waals surface area contributed by atoms with E-state index < -0.39 is 11.7 Å². The SMILES string of the molecule is CCCC(NCc1cccc(C(F)(F)F)c1)c1ccccc1. The van der Waals surface area contributed by atoms with Crippen molar-refractivity contribution in [2.24, 2.45) is 0 Å². The highest BCUT2D eigenvalue weighted by atomic mass is 19.4. The molecule has 118 valence electrons.